The Morgan fingerprint density at radius 1 is 1.00 bits per heavy atom. The molecule has 0 N–H and O–H groups in total. The van der Waals surface area contributed by atoms with Gasteiger partial charge in [0.05, 0.1) is 0 Å². The molecule has 0 bridgehead atoms. The topological polar surface area (TPSA) is 23.1 Å². The van der Waals surface area contributed by atoms with Crippen LogP contribution in [-0.4, -0.2) is 16.1 Å². The van der Waals surface area contributed by atoms with Crippen molar-refractivity contribution in [2.24, 2.45) is 0 Å². The van der Waals surface area contributed by atoms with Crippen LogP contribution in [0.25, 0.3) is 11.1 Å². The van der Waals surface area contributed by atoms with E-state index >= 15 is 0 Å². The summed E-state index contributed by atoms with van der Waals surface area (Å²) in [6.45, 7) is 10.2. The fraction of sp³-hybridized carbons (Fsp3) is 0.500. The van der Waals surface area contributed by atoms with E-state index in [-0.39, 0.29) is 16.9 Å². The van der Waals surface area contributed by atoms with Crippen molar-refractivity contribution in [3.05, 3.63) is 59.4 Å². The van der Waals surface area contributed by atoms with Gasteiger partial charge < -0.3 is 0 Å². The van der Waals surface area contributed by atoms with Gasteiger partial charge >= 0.3 is 0 Å². The van der Waals surface area contributed by atoms with E-state index < -0.39 is 0 Å². The van der Waals surface area contributed by atoms with Crippen molar-refractivity contribution in [1.82, 2.24) is 5.06 Å². The Hall–Kier alpha value is -1.71. The molecule has 1 radical (unpaired) electrons. The van der Waals surface area contributed by atoms with E-state index in [1.165, 1.54) is 10.6 Å². The summed E-state index contributed by atoms with van der Waals surface area (Å²) in [6.07, 6.45) is 3.58. The average Bonchev–Trinajstić information content (AvgIpc) is 2.60. The van der Waals surface area contributed by atoms with Crippen molar-refractivity contribution in [2.45, 2.75) is 77.3 Å². The van der Waals surface area contributed by atoms with E-state index in [2.05, 4.69) is 19.1 Å². The van der Waals surface area contributed by atoms with Crippen LogP contribution in [0.2, 0.25) is 0 Å². The van der Waals surface area contributed by atoms with Gasteiger partial charge in [0, 0.05) is 16.6 Å². The molecule has 1 fully saturated rings. The van der Waals surface area contributed by atoms with E-state index in [0.717, 1.165) is 36.8 Å². The highest BCUT2D eigenvalue weighted by molar-refractivity contribution is 5.65. The molecular formula is C24H31FNO. The van der Waals surface area contributed by atoms with Crippen LogP contribution in [0, 0.1) is 5.82 Å². The number of nitrogens with zero attached hydrogens (tertiary/aromatic N) is 1. The Bertz CT molecular complexity index is 777. The molecule has 1 aliphatic heterocycles. The first-order valence-corrected chi connectivity index (χ1v) is 10.0. The Kier molecular flexibility index (Phi) is 5.47. The molecule has 1 heterocycles. The van der Waals surface area contributed by atoms with Crippen molar-refractivity contribution in [2.75, 3.05) is 0 Å². The molecule has 0 atom stereocenters. The quantitative estimate of drug-likeness (QED) is 0.602. The first-order valence-electron chi connectivity index (χ1n) is 10.0. The average molecular weight is 369 g/mol. The maximum Gasteiger partial charge on any atom is 0.131 e. The number of piperidine rings is 1. The number of aryl methyl sites for hydroxylation is 1. The van der Waals surface area contributed by atoms with Crippen LogP contribution in [0.4, 0.5) is 4.39 Å². The van der Waals surface area contributed by atoms with E-state index in [9.17, 15) is 9.60 Å². The normalized spacial score (nSPS) is 20.0. The predicted molar refractivity (Wildman–Crippen MR) is 108 cm³/mol. The summed E-state index contributed by atoms with van der Waals surface area (Å²) in [5.41, 5.74) is 3.06. The second-order valence-electron chi connectivity index (χ2n) is 9.21. The Labute approximate surface area is 163 Å². The van der Waals surface area contributed by atoms with Gasteiger partial charge in [-0.15, -0.1) is 10.3 Å². The van der Waals surface area contributed by atoms with Gasteiger partial charge in [0.1, 0.15) is 5.82 Å². The molecule has 1 aliphatic rings. The third kappa shape index (κ3) is 4.09. The molecular weight excluding hydrogens is 337 g/mol. The summed E-state index contributed by atoms with van der Waals surface area (Å²) in [5, 5.41) is 13.8. The van der Waals surface area contributed by atoms with Gasteiger partial charge in [-0.3, -0.25) is 0 Å². The summed E-state index contributed by atoms with van der Waals surface area (Å²) in [4.78, 5) is 0. The molecule has 0 aliphatic carbocycles. The fourth-order valence-electron chi connectivity index (χ4n) is 4.67. The molecule has 2 aromatic carbocycles. The smallest absolute Gasteiger partial charge is 0.131 e. The monoisotopic (exact) mass is 368 g/mol. The van der Waals surface area contributed by atoms with Gasteiger partial charge in [-0.05, 0) is 75.6 Å². The summed E-state index contributed by atoms with van der Waals surface area (Å²) < 4.78 is 14.5. The van der Waals surface area contributed by atoms with Crippen molar-refractivity contribution < 1.29 is 9.60 Å². The highest BCUT2D eigenvalue weighted by atomic mass is 19.1. The predicted octanol–water partition coefficient (Wildman–Crippen LogP) is 6.53. The van der Waals surface area contributed by atoms with E-state index in [0.29, 0.717) is 11.5 Å². The lowest BCUT2D eigenvalue weighted by atomic mass is 9.72. The zero-order valence-electron chi connectivity index (χ0n) is 17.2. The highest BCUT2D eigenvalue weighted by Gasteiger charge is 2.46. The minimum Gasteiger partial charge on any atom is -0.206 e. The molecule has 0 saturated carbocycles. The van der Waals surface area contributed by atoms with Crippen LogP contribution in [0.1, 0.15) is 70.9 Å². The zero-order chi connectivity index (χ0) is 19.8. The first kappa shape index (κ1) is 20.0. The number of benzene rings is 2. The first-order chi connectivity index (χ1) is 12.6. The van der Waals surface area contributed by atoms with Crippen LogP contribution in [-0.2, 0) is 11.6 Å². The lowest BCUT2D eigenvalue weighted by Crippen LogP contribution is -2.57. The van der Waals surface area contributed by atoms with Crippen molar-refractivity contribution in [1.29, 1.82) is 0 Å². The lowest BCUT2D eigenvalue weighted by molar-refractivity contribution is -0.289. The minimum absolute atomic E-state index is 0.157. The van der Waals surface area contributed by atoms with Crippen molar-refractivity contribution in [3.8, 4) is 11.1 Å². The van der Waals surface area contributed by atoms with E-state index in [1.807, 2.05) is 52.0 Å². The van der Waals surface area contributed by atoms with Crippen LogP contribution in [0.5, 0.6) is 0 Å². The Morgan fingerprint density at radius 2 is 1.59 bits per heavy atom. The van der Waals surface area contributed by atoms with Gasteiger partial charge in [-0.1, -0.05) is 49.7 Å². The van der Waals surface area contributed by atoms with Gasteiger partial charge in [-0.2, -0.15) is 0 Å². The largest absolute Gasteiger partial charge is 0.206 e. The van der Waals surface area contributed by atoms with Gasteiger partial charge in [0.25, 0.3) is 0 Å². The maximum atomic E-state index is 14.5. The molecule has 1 saturated heterocycles. The standard InChI is InChI=1S/C24H31FNO/c1-6-7-17-8-13-21(22(25)14-17)19-11-9-18(10-12-19)20-15-23(2,3)26(27)24(4,5)16-20/h8-14,20H,6-7,15-16H2,1-5H3. The molecule has 0 spiro atoms. The molecule has 145 valence electrons. The molecule has 2 aromatic rings. The molecule has 0 amide bonds. The molecule has 0 unspecified atom stereocenters. The van der Waals surface area contributed by atoms with Crippen LogP contribution < -0.4 is 0 Å². The van der Waals surface area contributed by atoms with Gasteiger partial charge in [-0.25, -0.2) is 4.39 Å². The van der Waals surface area contributed by atoms with Crippen LogP contribution >= 0.6 is 0 Å². The number of hydrogen-bond acceptors (Lipinski definition) is 1. The summed E-state index contributed by atoms with van der Waals surface area (Å²) in [7, 11) is 0. The van der Waals surface area contributed by atoms with Crippen molar-refractivity contribution in [3.63, 3.8) is 0 Å². The fourth-order valence-corrected chi connectivity index (χ4v) is 4.67. The molecule has 2 nitrogen and oxygen atoms in total. The van der Waals surface area contributed by atoms with E-state index in [1.54, 1.807) is 6.07 Å². The van der Waals surface area contributed by atoms with E-state index in [4.69, 9.17) is 0 Å². The summed E-state index contributed by atoms with van der Waals surface area (Å²) >= 11 is 0. The Morgan fingerprint density at radius 3 is 2.11 bits per heavy atom. The number of rotatable bonds is 4. The lowest BCUT2D eigenvalue weighted by Gasteiger charge is -2.50. The van der Waals surface area contributed by atoms with Gasteiger partial charge in [0.15, 0.2) is 0 Å². The molecule has 27 heavy (non-hydrogen) atoms. The second-order valence-corrected chi connectivity index (χ2v) is 9.21. The summed E-state index contributed by atoms with van der Waals surface area (Å²) in [6, 6.07) is 13.8. The van der Waals surface area contributed by atoms with Gasteiger partial charge in [0.2, 0.25) is 0 Å². The number of halogens is 1. The third-order valence-electron chi connectivity index (χ3n) is 5.86. The zero-order valence-corrected chi connectivity index (χ0v) is 17.2. The number of hydroxylamine groups is 2. The molecule has 3 heteroatoms. The minimum atomic E-state index is -0.383. The van der Waals surface area contributed by atoms with Crippen LogP contribution in [0.15, 0.2) is 42.5 Å². The van der Waals surface area contributed by atoms with Crippen molar-refractivity contribution >= 4 is 0 Å². The Balaban J connectivity index is 1.84. The molecule has 0 aromatic heterocycles. The third-order valence-corrected chi connectivity index (χ3v) is 5.86. The van der Waals surface area contributed by atoms with Crippen LogP contribution in [0.3, 0.4) is 0 Å². The SMILES string of the molecule is CCCc1ccc(-c2ccc(C3CC(C)(C)N([O])C(C)(C)C3)cc2)c(F)c1. The highest BCUT2D eigenvalue weighted by Crippen LogP contribution is 2.45. The second kappa shape index (κ2) is 7.37. The number of hydrogen-bond donors (Lipinski definition) is 0. The maximum absolute atomic E-state index is 14.5. The molecule has 3 rings (SSSR count). The summed E-state index contributed by atoms with van der Waals surface area (Å²) in [5.74, 6) is 0.182.